The average Bonchev–Trinajstić information content (AvgIpc) is 2.20. The minimum atomic E-state index is 0.566. The molecule has 0 radical (unpaired) electrons. The van der Waals surface area contributed by atoms with Crippen LogP contribution in [0.3, 0.4) is 0 Å². The highest BCUT2D eigenvalue weighted by atomic mass is 14.5. The van der Waals surface area contributed by atoms with Crippen molar-refractivity contribution >= 4 is 0 Å². The fourth-order valence-corrected chi connectivity index (χ4v) is 3.39. The molecule has 1 saturated carbocycles. The van der Waals surface area contributed by atoms with Gasteiger partial charge < -0.3 is 0 Å². The van der Waals surface area contributed by atoms with Crippen LogP contribution in [0.5, 0.6) is 0 Å². The van der Waals surface area contributed by atoms with E-state index in [-0.39, 0.29) is 0 Å². The van der Waals surface area contributed by atoms with Gasteiger partial charge in [-0.1, -0.05) is 39.8 Å². The second-order valence-electron chi connectivity index (χ2n) is 6.11. The first-order valence-corrected chi connectivity index (χ1v) is 6.21. The van der Waals surface area contributed by atoms with Crippen molar-refractivity contribution in [2.75, 3.05) is 0 Å². The Labute approximate surface area is 88.8 Å². The molecule has 0 aliphatic heterocycles. The number of allylic oxidation sites excluding steroid dienone is 2. The van der Waals surface area contributed by atoms with Gasteiger partial charge in [-0.15, -0.1) is 0 Å². The summed E-state index contributed by atoms with van der Waals surface area (Å²) in [6, 6.07) is 0. The molecule has 14 heavy (non-hydrogen) atoms. The third-order valence-electron chi connectivity index (χ3n) is 5.16. The summed E-state index contributed by atoms with van der Waals surface area (Å²) in [6.45, 7) is 9.55. The molecule has 0 N–H and O–H groups in total. The first kappa shape index (κ1) is 10.3. The van der Waals surface area contributed by atoms with E-state index in [4.69, 9.17) is 0 Å². The van der Waals surface area contributed by atoms with Crippen molar-refractivity contribution in [1.82, 2.24) is 0 Å². The molecule has 0 aromatic rings. The predicted molar refractivity (Wildman–Crippen MR) is 62.2 cm³/mol. The van der Waals surface area contributed by atoms with Crippen molar-refractivity contribution in [3.05, 3.63) is 12.2 Å². The van der Waals surface area contributed by atoms with Crippen LogP contribution < -0.4 is 0 Å². The fourth-order valence-electron chi connectivity index (χ4n) is 3.39. The number of fused-ring (bicyclic) bond motifs is 2. The molecule has 0 spiro atoms. The maximum Gasteiger partial charge on any atom is -0.00944 e. The molecule has 3 aliphatic rings. The van der Waals surface area contributed by atoms with Gasteiger partial charge in [0.2, 0.25) is 0 Å². The Kier molecular flexibility index (Phi) is 2.28. The molecule has 80 valence electrons. The Hall–Kier alpha value is -0.260. The molecule has 0 heterocycles. The van der Waals surface area contributed by atoms with Gasteiger partial charge in [0.1, 0.15) is 0 Å². The van der Waals surface area contributed by atoms with E-state index in [2.05, 4.69) is 39.8 Å². The van der Waals surface area contributed by atoms with Crippen LogP contribution in [0.4, 0.5) is 0 Å². The minimum Gasteiger partial charge on any atom is -0.0815 e. The largest absolute Gasteiger partial charge is 0.0815 e. The summed E-state index contributed by atoms with van der Waals surface area (Å²) >= 11 is 0. The summed E-state index contributed by atoms with van der Waals surface area (Å²) in [5, 5.41) is 0. The highest BCUT2D eigenvalue weighted by molar-refractivity contribution is 5.18. The Morgan fingerprint density at radius 2 is 1.00 bits per heavy atom. The smallest absolute Gasteiger partial charge is 0.00944 e. The molecular weight excluding hydrogens is 168 g/mol. The molecule has 0 aromatic heterocycles. The van der Waals surface area contributed by atoms with Crippen LogP contribution in [0.1, 0.15) is 53.4 Å². The Morgan fingerprint density at radius 1 is 0.714 bits per heavy atom. The number of hydrogen-bond acceptors (Lipinski definition) is 0. The zero-order valence-corrected chi connectivity index (χ0v) is 10.1. The van der Waals surface area contributed by atoms with Crippen molar-refractivity contribution in [2.24, 2.45) is 22.7 Å². The zero-order chi connectivity index (χ0) is 10.4. The Bertz CT molecular complexity index is 211. The van der Waals surface area contributed by atoms with Gasteiger partial charge in [-0.25, -0.2) is 0 Å². The van der Waals surface area contributed by atoms with E-state index in [0.29, 0.717) is 10.8 Å². The highest BCUT2D eigenvalue weighted by Gasteiger charge is 2.47. The van der Waals surface area contributed by atoms with E-state index < -0.39 is 0 Å². The molecule has 0 nitrogen and oxygen atoms in total. The van der Waals surface area contributed by atoms with Crippen LogP contribution in [-0.4, -0.2) is 0 Å². The van der Waals surface area contributed by atoms with E-state index in [9.17, 15) is 0 Å². The van der Waals surface area contributed by atoms with Crippen LogP contribution in [0, 0.1) is 22.7 Å². The van der Waals surface area contributed by atoms with E-state index >= 15 is 0 Å². The first-order chi connectivity index (χ1) is 6.51. The molecule has 0 amide bonds. The maximum atomic E-state index is 2.56. The number of hydrogen-bond donors (Lipinski definition) is 0. The van der Waals surface area contributed by atoms with Crippen molar-refractivity contribution in [3.8, 4) is 0 Å². The summed E-state index contributed by atoms with van der Waals surface area (Å²) in [5.74, 6) is 1.65. The topological polar surface area (TPSA) is 0 Å². The normalized spacial score (nSPS) is 41.3. The lowest BCUT2D eigenvalue weighted by atomic mass is 9.52. The molecular formula is C14H24. The Balaban J connectivity index is 2.26. The van der Waals surface area contributed by atoms with Crippen molar-refractivity contribution < 1.29 is 0 Å². The molecule has 0 atom stereocenters. The SMILES string of the molecule is CC(C)C12C=CC(C(C)C)(CC1)CC2. The van der Waals surface area contributed by atoms with Gasteiger partial charge in [0.25, 0.3) is 0 Å². The molecule has 0 heteroatoms. The molecule has 3 rings (SSSR count). The van der Waals surface area contributed by atoms with Gasteiger partial charge in [-0.3, -0.25) is 0 Å². The van der Waals surface area contributed by atoms with Gasteiger partial charge in [0.05, 0.1) is 0 Å². The molecule has 1 fully saturated rings. The maximum absolute atomic E-state index is 2.56. The lowest BCUT2D eigenvalue weighted by molar-refractivity contribution is 0.0537. The third kappa shape index (κ3) is 1.26. The van der Waals surface area contributed by atoms with Crippen LogP contribution in [0.15, 0.2) is 12.2 Å². The summed E-state index contributed by atoms with van der Waals surface area (Å²) < 4.78 is 0. The van der Waals surface area contributed by atoms with Gasteiger partial charge in [-0.2, -0.15) is 0 Å². The highest BCUT2D eigenvalue weighted by Crippen LogP contribution is 2.58. The van der Waals surface area contributed by atoms with Crippen LogP contribution in [0.2, 0.25) is 0 Å². The Morgan fingerprint density at radius 3 is 1.14 bits per heavy atom. The monoisotopic (exact) mass is 192 g/mol. The summed E-state index contributed by atoms with van der Waals surface area (Å²) in [6.07, 6.45) is 10.8. The third-order valence-corrected chi connectivity index (χ3v) is 5.16. The molecule has 2 bridgehead atoms. The van der Waals surface area contributed by atoms with Crippen molar-refractivity contribution in [2.45, 2.75) is 53.4 Å². The van der Waals surface area contributed by atoms with E-state index in [1.165, 1.54) is 25.7 Å². The predicted octanol–water partition coefficient (Wildman–Crippen LogP) is 4.42. The lowest BCUT2D eigenvalue weighted by Crippen LogP contribution is -2.42. The van der Waals surface area contributed by atoms with Crippen LogP contribution in [-0.2, 0) is 0 Å². The quantitative estimate of drug-likeness (QED) is 0.568. The van der Waals surface area contributed by atoms with Gasteiger partial charge >= 0.3 is 0 Å². The second kappa shape index (κ2) is 3.12. The minimum absolute atomic E-state index is 0.566. The van der Waals surface area contributed by atoms with E-state index in [1.54, 1.807) is 0 Å². The number of rotatable bonds is 2. The van der Waals surface area contributed by atoms with E-state index in [1.807, 2.05) is 0 Å². The second-order valence-corrected chi connectivity index (χ2v) is 6.11. The molecule has 0 aromatic carbocycles. The standard InChI is InChI=1S/C14H24/c1-11(2)13-5-8-14(9-6-13,10-7-13)12(3)4/h5,8,11-12H,6-7,9-10H2,1-4H3. The van der Waals surface area contributed by atoms with Crippen LogP contribution >= 0.6 is 0 Å². The molecule has 0 saturated heterocycles. The molecule has 3 aliphatic carbocycles. The van der Waals surface area contributed by atoms with Crippen molar-refractivity contribution in [1.29, 1.82) is 0 Å². The average molecular weight is 192 g/mol. The van der Waals surface area contributed by atoms with Gasteiger partial charge in [-0.05, 0) is 48.3 Å². The lowest BCUT2D eigenvalue weighted by Gasteiger charge is -2.53. The van der Waals surface area contributed by atoms with Gasteiger partial charge in [0, 0.05) is 0 Å². The van der Waals surface area contributed by atoms with Crippen LogP contribution in [0.25, 0.3) is 0 Å². The summed E-state index contributed by atoms with van der Waals surface area (Å²) in [7, 11) is 0. The zero-order valence-electron chi connectivity index (χ0n) is 10.1. The first-order valence-electron chi connectivity index (χ1n) is 6.21. The van der Waals surface area contributed by atoms with Crippen molar-refractivity contribution in [3.63, 3.8) is 0 Å². The van der Waals surface area contributed by atoms with Gasteiger partial charge in [0.15, 0.2) is 0 Å². The van der Waals surface area contributed by atoms with E-state index in [0.717, 1.165) is 11.8 Å². The summed E-state index contributed by atoms with van der Waals surface area (Å²) in [4.78, 5) is 0. The fraction of sp³-hybridized carbons (Fsp3) is 0.857. The molecule has 0 unspecified atom stereocenters. The summed E-state index contributed by atoms with van der Waals surface area (Å²) in [5.41, 5.74) is 1.13.